The molecule has 0 radical (unpaired) electrons. The minimum absolute atomic E-state index is 0.0636. The molecule has 0 aliphatic rings. The number of amides is 1. The van der Waals surface area contributed by atoms with Crippen LogP contribution in [0.2, 0.25) is 36.3 Å². The Balaban J connectivity index is 2.05. The minimum atomic E-state index is -2.06. The van der Waals surface area contributed by atoms with Crippen molar-refractivity contribution in [3.05, 3.63) is 71.3 Å². The number of hydrogen-bond donors (Lipinski definition) is 2. The molecule has 0 saturated carbocycles. The lowest BCUT2D eigenvalue weighted by Gasteiger charge is -2.44. The lowest BCUT2D eigenvalue weighted by atomic mass is 9.92. The molecular formula is C38H65NO4Si2. The molecule has 0 fully saturated rings. The second kappa shape index (κ2) is 16.9. The van der Waals surface area contributed by atoms with Crippen molar-refractivity contribution in [3.63, 3.8) is 0 Å². The first-order chi connectivity index (χ1) is 20.8. The molecule has 1 atom stereocenters. The first kappa shape index (κ1) is 39.4. The highest BCUT2D eigenvalue weighted by atomic mass is 28.4. The largest absolute Gasteiger partial charge is 0.414 e. The fraction of sp³-hybridized carbons (Fsp3) is 0.658. The van der Waals surface area contributed by atoms with Crippen LogP contribution >= 0.6 is 0 Å². The zero-order chi connectivity index (χ0) is 33.9. The molecule has 2 aromatic rings. The Labute approximate surface area is 278 Å². The van der Waals surface area contributed by atoms with Gasteiger partial charge in [-0.25, -0.2) is 0 Å². The summed E-state index contributed by atoms with van der Waals surface area (Å²) in [6.07, 6.45) is 7.50. The molecule has 0 aliphatic carbocycles. The Morgan fingerprint density at radius 1 is 0.733 bits per heavy atom. The van der Waals surface area contributed by atoms with Crippen LogP contribution in [0, 0.1) is 0 Å². The Bertz CT molecular complexity index is 1120. The number of rotatable bonds is 18. The number of carbonyl (C=O) groups excluding carboxylic acids is 1. The smallest absolute Gasteiger partial charge is 0.217 e. The summed E-state index contributed by atoms with van der Waals surface area (Å²) in [5, 5.41) is 14.3. The van der Waals surface area contributed by atoms with E-state index in [0.29, 0.717) is 19.6 Å². The van der Waals surface area contributed by atoms with E-state index in [0.717, 1.165) is 37.7 Å². The van der Waals surface area contributed by atoms with Crippen molar-refractivity contribution in [2.75, 3.05) is 13.2 Å². The fourth-order valence-corrected chi connectivity index (χ4v) is 7.03. The van der Waals surface area contributed by atoms with Crippen LogP contribution < -0.4 is 5.32 Å². The summed E-state index contributed by atoms with van der Waals surface area (Å²) < 4.78 is 13.5. The van der Waals surface area contributed by atoms with Crippen LogP contribution in [0.25, 0.3) is 0 Å². The maximum absolute atomic E-state index is 12.6. The molecule has 45 heavy (non-hydrogen) atoms. The third kappa shape index (κ3) is 13.1. The first-order valence-electron chi connectivity index (χ1n) is 17.1. The summed E-state index contributed by atoms with van der Waals surface area (Å²) in [6.45, 7) is 24.9. The number of nitrogens with one attached hydrogen (secondary N) is 1. The van der Waals surface area contributed by atoms with Crippen LogP contribution in [0.5, 0.6) is 0 Å². The Morgan fingerprint density at radius 2 is 1.22 bits per heavy atom. The van der Waals surface area contributed by atoms with Crippen molar-refractivity contribution in [2.45, 2.75) is 148 Å². The van der Waals surface area contributed by atoms with Crippen molar-refractivity contribution in [1.82, 2.24) is 5.32 Å². The summed E-state index contributed by atoms with van der Waals surface area (Å²) >= 11 is 0. The average molecular weight is 656 g/mol. The predicted octanol–water partition coefficient (Wildman–Crippen LogP) is 9.76. The zero-order valence-electron chi connectivity index (χ0n) is 30.5. The van der Waals surface area contributed by atoms with E-state index in [1.54, 1.807) is 6.92 Å². The maximum atomic E-state index is 12.6. The van der Waals surface area contributed by atoms with E-state index < -0.39 is 28.3 Å². The van der Waals surface area contributed by atoms with E-state index in [1.165, 1.54) is 24.0 Å². The Kier molecular flexibility index (Phi) is 14.8. The summed E-state index contributed by atoms with van der Waals surface area (Å²) in [7, 11) is -4.13. The van der Waals surface area contributed by atoms with Gasteiger partial charge in [0.1, 0.15) is 0 Å². The van der Waals surface area contributed by atoms with E-state index in [-0.39, 0.29) is 16.0 Å². The normalized spacial score (nSPS) is 14.0. The van der Waals surface area contributed by atoms with E-state index >= 15 is 0 Å². The Hall–Kier alpha value is -1.78. The van der Waals surface area contributed by atoms with Gasteiger partial charge in [-0.2, -0.15) is 0 Å². The fourth-order valence-electron chi connectivity index (χ4n) is 4.89. The van der Waals surface area contributed by atoms with Crippen LogP contribution in [0.1, 0.15) is 110 Å². The van der Waals surface area contributed by atoms with Crippen molar-refractivity contribution in [3.8, 4) is 0 Å². The van der Waals surface area contributed by atoms with Crippen molar-refractivity contribution in [2.24, 2.45) is 0 Å². The topological polar surface area (TPSA) is 67.8 Å². The number of aliphatic hydroxyl groups is 1. The molecule has 2 N–H and O–H groups in total. The molecule has 5 nitrogen and oxygen atoms in total. The molecule has 0 aromatic heterocycles. The van der Waals surface area contributed by atoms with E-state index in [2.05, 4.69) is 128 Å². The molecule has 0 heterocycles. The molecule has 7 heteroatoms. The molecular weight excluding hydrogens is 591 g/mol. The first-order valence-corrected chi connectivity index (χ1v) is 23.0. The standard InChI is InChI=1S/C38H65NO4Si2/c1-31(40)39-38(29-42-44(8,9)36(2,3)4,30-43-45(10,11)37(5,6)7)28-27-33-23-25-34(26-24-33)35(41)22-18-13-12-15-19-32-20-16-14-17-21-32/h14,16-17,20-21,23-26,35,41H,12-13,15,18-19,22,27-30H2,1-11H3,(H,39,40). The number of carbonyl (C=O) groups is 1. The average Bonchev–Trinajstić information content (AvgIpc) is 2.95. The minimum Gasteiger partial charge on any atom is -0.414 e. The molecule has 2 aromatic carbocycles. The van der Waals surface area contributed by atoms with Crippen molar-refractivity contribution >= 4 is 22.5 Å². The van der Waals surface area contributed by atoms with Gasteiger partial charge in [0.2, 0.25) is 5.91 Å². The van der Waals surface area contributed by atoms with Crippen LogP contribution in [-0.4, -0.2) is 46.4 Å². The van der Waals surface area contributed by atoms with Gasteiger partial charge in [0.05, 0.1) is 24.9 Å². The van der Waals surface area contributed by atoms with Crippen molar-refractivity contribution < 1.29 is 18.8 Å². The lowest BCUT2D eigenvalue weighted by molar-refractivity contribution is -0.122. The van der Waals surface area contributed by atoms with Gasteiger partial charge >= 0.3 is 0 Å². The predicted molar refractivity (Wildman–Crippen MR) is 196 cm³/mol. The van der Waals surface area contributed by atoms with E-state index in [1.807, 2.05) is 0 Å². The molecule has 1 amide bonds. The summed E-state index contributed by atoms with van der Waals surface area (Å²) in [5.41, 5.74) is 2.92. The third-order valence-corrected chi connectivity index (χ3v) is 19.2. The van der Waals surface area contributed by atoms with E-state index in [4.69, 9.17) is 8.85 Å². The zero-order valence-corrected chi connectivity index (χ0v) is 32.5. The second-order valence-corrected chi connectivity index (χ2v) is 25.9. The van der Waals surface area contributed by atoms with Gasteiger partial charge in [0.15, 0.2) is 16.6 Å². The molecule has 0 bridgehead atoms. The molecule has 254 valence electrons. The van der Waals surface area contributed by atoms with Gasteiger partial charge in [0.25, 0.3) is 0 Å². The highest BCUT2D eigenvalue weighted by Gasteiger charge is 2.44. The van der Waals surface area contributed by atoms with Gasteiger partial charge < -0.3 is 19.3 Å². The number of hydrogen-bond acceptors (Lipinski definition) is 4. The van der Waals surface area contributed by atoms with Gasteiger partial charge in [0, 0.05) is 6.92 Å². The van der Waals surface area contributed by atoms with E-state index in [9.17, 15) is 9.90 Å². The molecule has 0 aliphatic heterocycles. The van der Waals surface area contributed by atoms with Gasteiger partial charge in [-0.3, -0.25) is 4.79 Å². The number of unbranched alkanes of at least 4 members (excludes halogenated alkanes) is 3. The highest BCUT2D eigenvalue weighted by Crippen LogP contribution is 2.39. The summed E-state index contributed by atoms with van der Waals surface area (Å²) in [6, 6.07) is 19.0. The third-order valence-electron chi connectivity index (χ3n) is 10.3. The lowest BCUT2D eigenvalue weighted by Crippen LogP contribution is -2.59. The molecule has 0 saturated heterocycles. The number of benzene rings is 2. The van der Waals surface area contributed by atoms with Crippen molar-refractivity contribution in [1.29, 1.82) is 0 Å². The van der Waals surface area contributed by atoms with Crippen LogP contribution in [0.4, 0.5) is 0 Å². The summed E-state index contributed by atoms with van der Waals surface area (Å²) in [5.74, 6) is -0.0637. The number of aryl methyl sites for hydroxylation is 2. The molecule has 1 unspecified atom stereocenters. The second-order valence-electron chi connectivity index (χ2n) is 16.3. The quantitative estimate of drug-likeness (QED) is 0.124. The highest BCUT2D eigenvalue weighted by molar-refractivity contribution is 6.74. The van der Waals surface area contributed by atoms with Gasteiger partial charge in [-0.1, -0.05) is 115 Å². The molecule has 0 spiro atoms. The maximum Gasteiger partial charge on any atom is 0.217 e. The van der Waals surface area contributed by atoms with Crippen LogP contribution in [0.15, 0.2) is 54.6 Å². The SMILES string of the molecule is CC(=O)NC(CCc1ccc(C(O)CCCCCCc2ccccc2)cc1)(CO[Si](C)(C)C(C)(C)C)CO[Si](C)(C)C(C)(C)C. The Morgan fingerprint density at radius 3 is 1.71 bits per heavy atom. The van der Waals surface area contributed by atoms with Crippen LogP contribution in [0.3, 0.4) is 0 Å². The number of aliphatic hydroxyl groups excluding tert-OH is 1. The van der Waals surface area contributed by atoms with Gasteiger partial charge in [-0.05, 0) is 85.1 Å². The van der Waals surface area contributed by atoms with Crippen LogP contribution in [-0.2, 0) is 26.5 Å². The monoisotopic (exact) mass is 655 g/mol. The summed E-state index contributed by atoms with van der Waals surface area (Å²) in [4.78, 5) is 12.6. The molecule has 2 rings (SSSR count). The van der Waals surface area contributed by atoms with Gasteiger partial charge in [-0.15, -0.1) is 0 Å².